The number of nitrogens with two attached hydrogens (primary N) is 1. The van der Waals surface area contributed by atoms with Crippen LogP contribution in [0, 0.1) is 0 Å². The van der Waals surface area contributed by atoms with Crippen LogP contribution >= 0.6 is 0 Å². The Kier molecular flexibility index (Phi) is 4.48. The Morgan fingerprint density at radius 3 is 3.00 bits per heavy atom. The summed E-state index contributed by atoms with van der Waals surface area (Å²) in [5.74, 6) is 1.05. The first kappa shape index (κ1) is 14.8. The van der Waals surface area contributed by atoms with Gasteiger partial charge in [0, 0.05) is 44.7 Å². The van der Waals surface area contributed by atoms with Crippen molar-refractivity contribution in [3.8, 4) is 5.75 Å². The van der Waals surface area contributed by atoms with E-state index in [2.05, 4.69) is 42.0 Å². The Bertz CT molecular complexity index is 491. The number of nitrogens with zero attached hydrogens (tertiary/aromatic N) is 2. The Morgan fingerprint density at radius 2 is 2.24 bits per heavy atom. The number of rotatable bonds is 4. The van der Waals surface area contributed by atoms with E-state index < -0.39 is 0 Å². The molecule has 0 amide bonds. The molecule has 0 aromatic heterocycles. The van der Waals surface area contributed by atoms with Crippen LogP contribution in [0.3, 0.4) is 0 Å². The van der Waals surface area contributed by atoms with Gasteiger partial charge >= 0.3 is 0 Å². The maximum absolute atomic E-state index is 6.12. The third-order valence-corrected chi connectivity index (χ3v) is 5.04. The van der Waals surface area contributed by atoms with Gasteiger partial charge in [0.2, 0.25) is 0 Å². The summed E-state index contributed by atoms with van der Waals surface area (Å²) in [6, 6.07) is 7.59. The molecule has 1 saturated heterocycles. The highest BCUT2D eigenvalue weighted by Gasteiger charge is 2.28. The summed E-state index contributed by atoms with van der Waals surface area (Å²) in [5, 5.41) is 0. The fourth-order valence-electron chi connectivity index (χ4n) is 3.60. The van der Waals surface area contributed by atoms with Crippen molar-refractivity contribution in [1.29, 1.82) is 0 Å². The van der Waals surface area contributed by atoms with Crippen molar-refractivity contribution >= 4 is 0 Å². The highest BCUT2D eigenvalue weighted by Crippen LogP contribution is 2.30. The zero-order valence-electron chi connectivity index (χ0n) is 13.2. The summed E-state index contributed by atoms with van der Waals surface area (Å²) in [6.07, 6.45) is 2.23. The normalized spacial score (nSPS) is 24.6. The van der Waals surface area contributed by atoms with E-state index in [1.165, 1.54) is 17.5 Å². The molecule has 0 spiro atoms. The van der Waals surface area contributed by atoms with Crippen molar-refractivity contribution < 1.29 is 4.74 Å². The molecule has 1 fully saturated rings. The first-order valence-corrected chi connectivity index (χ1v) is 8.13. The Hall–Kier alpha value is -1.10. The molecule has 2 aliphatic heterocycles. The number of benzene rings is 1. The second-order valence-electron chi connectivity index (χ2n) is 6.25. The van der Waals surface area contributed by atoms with Gasteiger partial charge in [-0.1, -0.05) is 19.1 Å². The van der Waals surface area contributed by atoms with Crippen molar-refractivity contribution in [1.82, 2.24) is 9.80 Å². The van der Waals surface area contributed by atoms with Gasteiger partial charge in [-0.15, -0.1) is 0 Å². The maximum Gasteiger partial charge on any atom is 0.122 e. The summed E-state index contributed by atoms with van der Waals surface area (Å²) in [4.78, 5) is 5.03. The van der Waals surface area contributed by atoms with Crippen LogP contribution in [0.25, 0.3) is 0 Å². The number of ether oxygens (including phenoxy) is 1. The molecule has 21 heavy (non-hydrogen) atoms. The van der Waals surface area contributed by atoms with Gasteiger partial charge in [-0.05, 0) is 30.7 Å². The molecule has 2 aliphatic rings. The molecule has 0 bridgehead atoms. The first-order chi connectivity index (χ1) is 10.2. The molecule has 2 unspecified atom stereocenters. The van der Waals surface area contributed by atoms with Crippen molar-refractivity contribution in [2.75, 3.05) is 39.8 Å². The first-order valence-electron chi connectivity index (χ1n) is 8.13. The lowest BCUT2D eigenvalue weighted by Gasteiger charge is -2.42. The lowest BCUT2D eigenvalue weighted by atomic mass is 9.99. The topological polar surface area (TPSA) is 41.7 Å². The molecule has 2 heterocycles. The number of likely N-dealkylation sites (N-methyl/N-ethyl adjacent to an activating group) is 1. The molecular weight excluding hydrogens is 262 g/mol. The van der Waals surface area contributed by atoms with E-state index in [-0.39, 0.29) is 0 Å². The lowest BCUT2D eigenvalue weighted by molar-refractivity contribution is 0.0644. The van der Waals surface area contributed by atoms with Crippen LogP contribution in [-0.2, 0) is 6.42 Å². The van der Waals surface area contributed by atoms with E-state index >= 15 is 0 Å². The fourth-order valence-corrected chi connectivity index (χ4v) is 3.60. The van der Waals surface area contributed by atoms with E-state index in [0.717, 1.165) is 38.4 Å². The largest absolute Gasteiger partial charge is 0.493 e. The second-order valence-corrected chi connectivity index (χ2v) is 6.25. The van der Waals surface area contributed by atoms with Crippen LogP contribution < -0.4 is 10.5 Å². The summed E-state index contributed by atoms with van der Waals surface area (Å²) >= 11 is 0. The van der Waals surface area contributed by atoms with Gasteiger partial charge in [-0.25, -0.2) is 0 Å². The SMILES string of the molecule is CCC1CN(C(CN)c2ccc3c(c2)CCO3)CCN1C. The van der Waals surface area contributed by atoms with Crippen LogP contribution in [0.15, 0.2) is 18.2 Å². The van der Waals surface area contributed by atoms with Gasteiger partial charge in [0.25, 0.3) is 0 Å². The van der Waals surface area contributed by atoms with E-state index in [1.54, 1.807) is 0 Å². The predicted octanol–water partition coefficient (Wildman–Crippen LogP) is 1.65. The minimum absolute atomic E-state index is 0.332. The maximum atomic E-state index is 6.12. The third kappa shape index (κ3) is 2.93. The predicted molar refractivity (Wildman–Crippen MR) is 85.7 cm³/mol. The van der Waals surface area contributed by atoms with Gasteiger partial charge in [0.05, 0.1) is 6.61 Å². The average molecular weight is 289 g/mol. The van der Waals surface area contributed by atoms with Gasteiger partial charge in [-0.3, -0.25) is 4.90 Å². The van der Waals surface area contributed by atoms with Gasteiger partial charge in [0.15, 0.2) is 0 Å². The summed E-state index contributed by atoms with van der Waals surface area (Å²) < 4.78 is 5.61. The molecular formula is C17H27N3O. The summed E-state index contributed by atoms with van der Waals surface area (Å²) in [6.45, 7) is 7.11. The fraction of sp³-hybridized carbons (Fsp3) is 0.647. The van der Waals surface area contributed by atoms with Crippen molar-refractivity contribution in [3.05, 3.63) is 29.3 Å². The smallest absolute Gasteiger partial charge is 0.122 e. The summed E-state index contributed by atoms with van der Waals surface area (Å²) in [5.41, 5.74) is 8.80. The van der Waals surface area contributed by atoms with Crippen LogP contribution in [0.4, 0.5) is 0 Å². The minimum atomic E-state index is 0.332. The molecule has 0 radical (unpaired) electrons. The standard InChI is InChI=1S/C17H27N3O/c1-3-15-12-20(8-7-19(15)2)16(11-18)13-4-5-17-14(10-13)6-9-21-17/h4-5,10,15-16H,3,6-9,11-12,18H2,1-2H3. The summed E-state index contributed by atoms with van der Waals surface area (Å²) in [7, 11) is 2.23. The number of hydrogen-bond acceptors (Lipinski definition) is 4. The zero-order chi connectivity index (χ0) is 14.8. The molecule has 1 aromatic rings. The average Bonchev–Trinajstić information content (AvgIpc) is 2.97. The number of hydrogen-bond donors (Lipinski definition) is 1. The van der Waals surface area contributed by atoms with Gasteiger partial charge in [0.1, 0.15) is 5.75 Å². The van der Waals surface area contributed by atoms with Crippen LogP contribution in [-0.4, -0.2) is 55.7 Å². The van der Waals surface area contributed by atoms with E-state index in [9.17, 15) is 0 Å². The van der Waals surface area contributed by atoms with Crippen molar-refractivity contribution in [2.24, 2.45) is 5.73 Å². The van der Waals surface area contributed by atoms with Gasteiger partial charge < -0.3 is 15.4 Å². The molecule has 4 heteroatoms. The van der Waals surface area contributed by atoms with E-state index in [4.69, 9.17) is 10.5 Å². The van der Waals surface area contributed by atoms with E-state index in [0.29, 0.717) is 18.6 Å². The highest BCUT2D eigenvalue weighted by molar-refractivity contribution is 5.41. The minimum Gasteiger partial charge on any atom is -0.493 e. The van der Waals surface area contributed by atoms with Gasteiger partial charge in [-0.2, -0.15) is 0 Å². The Balaban J connectivity index is 1.78. The van der Waals surface area contributed by atoms with Crippen LogP contribution in [0.1, 0.15) is 30.5 Å². The quantitative estimate of drug-likeness (QED) is 0.915. The zero-order valence-corrected chi connectivity index (χ0v) is 13.2. The number of piperazine rings is 1. The molecule has 4 nitrogen and oxygen atoms in total. The van der Waals surface area contributed by atoms with Crippen LogP contribution in [0.2, 0.25) is 0 Å². The monoisotopic (exact) mass is 289 g/mol. The highest BCUT2D eigenvalue weighted by atomic mass is 16.5. The van der Waals surface area contributed by atoms with Crippen molar-refractivity contribution in [3.63, 3.8) is 0 Å². The Morgan fingerprint density at radius 1 is 1.38 bits per heavy atom. The molecule has 2 N–H and O–H groups in total. The van der Waals surface area contributed by atoms with Crippen molar-refractivity contribution in [2.45, 2.75) is 31.8 Å². The molecule has 116 valence electrons. The number of fused-ring (bicyclic) bond motifs is 1. The van der Waals surface area contributed by atoms with Crippen LogP contribution in [0.5, 0.6) is 5.75 Å². The molecule has 0 saturated carbocycles. The molecule has 3 rings (SSSR count). The molecule has 1 aromatic carbocycles. The third-order valence-electron chi connectivity index (χ3n) is 5.04. The lowest BCUT2D eigenvalue weighted by Crippen LogP contribution is -2.53. The molecule has 0 aliphatic carbocycles. The molecule has 2 atom stereocenters. The van der Waals surface area contributed by atoms with E-state index in [1.807, 2.05) is 0 Å². The Labute approximate surface area is 127 Å². The second kappa shape index (κ2) is 6.34.